The van der Waals surface area contributed by atoms with E-state index < -0.39 is 0 Å². The summed E-state index contributed by atoms with van der Waals surface area (Å²) >= 11 is 0. The molecule has 34 heavy (non-hydrogen) atoms. The number of nitrogens with zero attached hydrogens (tertiary/aromatic N) is 1. The van der Waals surface area contributed by atoms with Crippen LogP contribution in [-0.2, 0) is 0 Å². The van der Waals surface area contributed by atoms with Crippen molar-refractivity contribution in [2.75, 3.05) is 40.0 Å². The molecule has 1 aliphatic heterocycles. The zero-order valence-electron chi connectivity index (χ0n) is 20.1. The predicted octanol–water partition coefficient (Wildman–Crippen LogP) is 5.90. The molecule has 0 unspecified atom stereocenters. The van der Waals surface area contributed by atoms with Gasteiger partial charge in [-0.25, -0.2) is 0 Å². The van der Waals surface area contributed by atoms with Crippen LogP contribution in [0.3, 0.4) is 0 Å². The van der Waals surface area contributed by atoms with E-state index in [0.717, 1.165) is 45.9 Å². The molecule has 0 atom stereocenters. The van der Waals surface area contributed by atoms with Crippen molar-refractivity contribution >= 4 is 11.1 Å². The first-order valence-electron chi connectivity index (χ1n) is 12.3. The third kappa shape index (κ3) is 6.28. The number of ether oxygens (including phenoxy) is 2. The number of hydrogen-bond acceptors (Lipinski definition) is 4. The van der Waals surface area contributed by atoms with Crippen LogP contribution < -0.4 is 9.47 Å². The fourth-order valence-corrected chi connectivity index (χ4v) is 4.65. The Hall–Kier alpha value is -3.08. The largest absolute Gasteiger partial charge is 0.497 e. The molecule has 3 aromatic carbocycles. The number of piperidine rings is 1. The zero-order valence-corrected chi connectivity index (χ0v) is 20.1. The molecule has 178 valence electrons. The van der Waals surface area contributed by atoms with Gasteiger partial charge in [0.15, 0.2) is 0 Å². The van der Waals surface area contributed by atoms with Crippen molar-refractivity contribution in [2.45, 2.75) is 25.7 Å². The first kappa shape index (κ1) is 24.1. The SMILES string of the molecule is COc1cccc(/C(CCO)=C(/c2ccccc2)c2ccc(OCCN3CCCCC3)cc2)c1. The summed E-state index contributed by atoms with van der Waals surface area (Å²) in [4.78, 5) is 2.49. The van der Waals surface area contributed by atoms with Crippen molar-refractivity contribution in [2.24, 2.45) is 0 Å². The highest BCUT2D eigenvalue weighted by molar-refractivity contribution is 5.98. The highest BCUT2D eigenvalue weighted by Gasteiger charge is 2.15. The predicted molar refractivity (Wildman–Crippen MR) is 139 cm³/mol. The number of benzene rings is 3. The number of likely N-dealkylation sites (tertiary alicyclic amines) is 1. The molecule has 4 rings (SSSR count). The topological polar surface area (TPSA) is 41.9 Å². The monoisotopic (exact) mass is 457 g/mol. The quantitative estimate of drug-likeness (QED) is 0.385. The van der Waals surface area contributed by atoms with Gasteiger partial charge in [0.25, 0.3) is 0 Å². The molecule has 0 aromatic heterocycles. The average Bonchev–Trinajstić information content (AvgIpc) is 2.90. The summed E-state index contributed by atoms with van der Waals surface area (Å²) in [6.07, 6.45) is 4.50. The molecule has 1 aliphatic rings. The van der Waals surface area contributed by atoms with E-state index in [9.17, 15) is 5.11 Å². The fraction of sp³-hybridized carbons (Fsp3) is 0.333. The standard InChI is InChI=1S/C30H35NO3/c1-33-28-12-8-11-26(23-28)29(17-21-32)30(24-9-4-2-5-10-24)25-13-15-27(16-14-25)34-22-20-31-18-6-3-7-19-31/h2,4-5,8-16,23,32H,3,6-7,17-22H2,1H3/b30-29-. The molecule has 1 heterocycles. The normalized spacial score (nSPS) is 15.0. The van der Waals surface area contributed by atoms with Crippen molar-refractivity contribution in [3.8, 4) is 11.5 Å². The van der Waals surface area contributed by atoms with Crippen LogP contribution >= 0.6 is 0 Å². The Kier molecular flexibility index (Phi) is 8.78. The van der Waals surface area contributed by atoms with Gasteiger partial charge in [-0.2, -0.15) is 0 Å². The van der Waals surface area contributed by atoms with Gasteiger partial charge in [0.2, 0.25) is 0 Å². The summed E-state index contributed by atoms with van der Waals surface area (Å²) in [5.41, 5.74) is 5.47. The van der Waals surface area contributed by atoms with E-state index >= 15 is 0 Å². The average molecular weight is 458 g/mol. The fourth-order valence-electron chi connectivity index (χ4n) is 4.65. The highest BCUT2D eigenvalue weighted by atomic mass is 16.5. The lowest BCUT2D eigenvalue weighted by Gasteiger charge is -2.26. The minimum atomic E-state index is 0.0700. The van der Waals surface area contributed by atoms with E-state index in [1.54, 1.807) is 7.11 Å². The molecular weight excluding hydrogens is 422 g/mol. The van der Waals surface area contributed by atoms with E-state index in [1.165, 1.54) is 32.4 Å². The molecule has 1 fully saturated rings. The van der Waals surface area contributed by atoms with Gasteiger partial charge in [0.1, 0.15) is 18.1 Å². The van der Waals surface area contributed by atoms with Gasteiger partial charge >= 0.3 is 0 Å². The molecule has 3 aromatic rings. The van der Waals surface area contributed by atoms with Crippen LogP contribution in [0.25, 0.3) is 11.1 Å². The van der Waals surface area contributed by atoms with E-state index in [2.05, 4.69) is 59.5 Å². The van der Waals surface area contributed by atoms with Gasteiger partial charge in [0.05, 0.1) is 7.11 Å². The molecule has 0 bridgehead atoms. The van der Waals surface area contributed by atoms with E-state index in [1.807, 2.05) is 24.3 Å². The van der Waals surface area contributed by atoms with Crippen molar-refractivity contribution in [3.05, 3.63) is 95.6 Å². The smallest absolute Gasteiger partial charge is 0.119 e. The molecular formula is C30H35NO3. The number of aliphatic hydroxyl groups excluding tert-OH is 1. The third-order valence-electron chi connectivity index (χ3n) is 6.41. The Balaban J connectivity index is 1.62. The van der Waals surface area contributed by atoms with Crippen molar-refractivity contribution in [1.29, 1.82) is 0 Å². The van der Waals surface area contributed by atoms with Crippen LogP contribution in [-0.4, -0.2) is 50.0 Å². The Bertz CT molecular complexity index is 1050. The van der Waals surface area contributed by atoms with Gasteiger partial charge in [-0.1, -0.05) is 61.0 Å². The van der Waals surface area contributed by atoms with Crippen molar-refractivity contribution < 1.29 is 14.6 Å². The third-order valence-corrected chi connectivity index (χ3v) is 6.41. The Labute approximate surface area is 203 Å². The maximum Gasteiger partial charge on any atom is 0.119 e. The minimum absolute atomic E-state index is 0.0700. The van der Waals surface area contributed by atoms with Crippen LogP contribution in [0.2, 0.25) is 0 Å². The lowest BCUT2D eigenvalue weighted by atomic mass is 9.88. The second-order valence-corrected chi connectivity index (χ2v) is 8.70. The molecule has 0 amide bonds. The van der Waals surface area contributed by atoms with Crippen LogP contribution in [0.15, 0.2) is 78.9 Å². The Morgan fingerprint density at radius 2 is 1.50 bits per heavy atom. The molecule has 4 heteroatoms. The van der Waals surface area contributed by atoms with Crippen molar-refractivity contribution in [1.82, 2.24) is 4.90 Å². The summed E-state index contributed by atoms with van der Waals surface area (Å²) in [6.45, 7) is 4.13. The maximum atomic E-state index is 9.93. The number of aliphatic hydroxyl groups is 1. The maximum absolute atomic E-state index is 9.93. The molecule has 0 radical (unpaired) electrons. The molecule has 0 saturated carbocycles. The number of methoxy groups -OCH3 is 1. The van der Waals surface area contributed by atoms with Gasteiger partial charge in [-0.05, 0) is 84.5 Å². The Morgan fingerprint density at radius 1 is 0.794 bits per heavy atom. The number of hydrogen-bond donors (Lipinski definition) is 1. The van der Waals surface area contributed by atoms with Crippen LogP contribution in [0.5, 0.6) is 11.5 Å². The number of rotatable bonds is 10. The first-order chi connectivity index (χ1) is 16.8. The van der Waals surface area contributed by atoms with E-state index in [0.29, 0.717) is 13.0 Å². The van der Waals surface area contributed by atoms with Gasteiger partial charge in [-0.15, -0.1) is 0 Å². The minimum Gasteiger partial charge on any atom is -0.497 e. The van der Waals surface area contributed by atoms with Gasteiger partial charge in [-0.3, -0.25) is 4.90 Å². The molecule has 1 N–H and O–H groups in total. The molecule has 0 spiro atoms. The lowest BCUT2D eigenvalue weighted by Crippen LogP contribution is -2.33. The summed E-state index contributed by atoms with van der Waals surface area (Å²) in [5, 5.41) is 9.93. The van der Waals surface area contributed by atoms with Crippen molar-refractivity contribution in [3.63, 3.8) is 0 Å². The summed E-state index contributed by atoms with van der Waals surface area (Å²) in [6, 6.07) is 26.8. The van der Waals surface area contributed by atoms with Crippen LogP contribution in [0, 0.1) is 0 Å². The summed E-state index contributed by atoms with van der Waals surface area (Å²) < 4.78 is 11.5. The van der Waals surface area contributed by atoms with Crippen LogP contribution in [0.1, 0.15) is 42.4 Å². The van der Waals surface area contributed by atoms with Crippen LogP contribution in [0.4, 0.5) is 0 Å². The highest BCUT2D eigenvalue weighted by Crippen LogP contribution is 2.36. The second-order valence-electron chi connectivity index (χ2n) is 8.70. The second kappa shape index (κ2) is 12.4. The molecule has 0 aliphatic carbocycles. The van der Waals surface area contributed by atoms with Gasteiger partial charge < -0.3 is 14.6 Å². The lowest BCUT2D eigenvalue weighted by molar-refractivity contribution is 0.183. The summed E-state index contributed by atoms with van der Waals surface area (Å²) in [7, 11) is 1.68. The summed E-state index contributed by atoms with van der Waals surface area (Å²) in [5.74, 6) is 1.69. The molecule has 4 nitrogen and oxygen atoms in total. The van der Waals surface area contributed by atoms with E-state index in [4.69, 9.17) is 9.47 Å². The van der Waals surface area contributed by atoms with Gasteiger partial charge in [0, 0.05) is 13.2 Å². The Morgan fingerprint density at radius 3 is 2.21 bits per heavy atom. The zero-order chi connectivity index (χ0) is 23.6. The van der Waals surface area contributed by atoms with E-state index in [-0.39, 0.29) is 6.61 Å². The first-order valence-corrected chi connectivity index (χ1v) is 12.3. The molecule has 1 saturated heterocycles.